The van der Waals surface area contributed by atoms with Crippen LogP contribution in [0.4, 0.5) is 5.69 Å². The zero-order chi connectivity index (χ0) is 13.9. The summed E-state index contributed by atoms with van der Waals surface area (Å²) in [5, 5.41) is 18.3. The third-order valence-electron chi connectivity index (χ3n) is 3.47. The maximum absolute atomic E-state index is 11.0. The van der Waals surface area contributed by atoms with E-state index in [-0.39, 0.29) is 12.5 Å². The van der Waals surface area contributed by atoms with Crippen molar-refractivity contribution in [2.24, 2.45) is 0 Å². The number of hydrogen-bond donors (Lipinski definition) is 1. The molecule has 1 unspecified atom stereocenters. The molecule has 1 aromatic heterocycles. The van der Waals surface area contributed by atoms with Crippen molar-refractivity contribution >= 4 is 34.3 Å². The summed E-state index contributed by atoms with van der Waals surface area (Å²) >= 11 is 1.81. The van der Waals surface area contributed by atoms with Gasteiger partial charge in [0.25, 0.3) is 0 Å². The van der Waals surface area contributed by atoms with Gasteiger partial charge in [-0.3, -0.25) is 4.79 Å². The molecule has 3 rings (SSSR count). The monoisotopic (exact) mass is 289 g/mol. The number of aromatic nitrogens is 2. The lowest BCUT2D eigenvalue weighted by molar-refractivity contribution is -0.137. The van der Waals surface area contributed by atoms with E-state index >= 15 is 0 Å². The second-order valence-corrected chi connectivity index (χ2v) is 5.92. The van der Waals surface area contributed by atoms with Crippen LogP contribution in [0.15, 0.2) is 30.5 Å². The maximum atomic E-state index is 11.0. The summed E-state index contributed by atoms with van der Waals surface area (Å²) in [5.41, 5.74) is 1.83. The molecule has 0 radical (unpaired) electrons. The molecule has 104 valence electrons. The maximum Gasteiger partial charge on any atom is 0.305 e. The molecule has 1 aliphatic rings. The van der Waals surface area contributed by atoms with Gasteiger partial charge in [0.2, 0.25) is 0 Å². The first-order chi connectivity index (χ1) is 9.75. The van der Waals surface area contributed by atoms with Crippen molar-refractivity contribution in [1.82, 2.24) is 10.2 Å². The molecule has 6 heteroatoms. The second-order valence-electron chi connectivity index (χ2n) is 4.77. The van der Waals surface area contributed by atoms with E-state index in [1.807, 2.05) is 36.0 Å². The molecule has 1 saturated heterocycles. The fourth-order valence-corrected chi connectivity index (χ4v) is 3.63. The van der Waals surface area contributed by atoms with Crippen LogP contribution in [-0.2, 0) is 4.79 Å². The van der Waals surface area contributed by atoms with Gasteiger partial charge >= 0.3 is 5.97 Å². The summed E-state index contributed by atoms with van der Waals surface area (Å²) in [6.07, 6.45) is 1.90. The van der Waals surface area contributed by atoms with Gasteiger partial charge in [-0.25, -0.2) is 0 Å². The van der Waals surface area contributed by atoms with Crippen LogP contribution in [0.25, 0.3) is 10.9 Å². The number of nitrogens with zero attached hydrogens (tertiary/aromatic N) is 3. The smallest absolute Gasteiger partial charge is 0.305 e. The predicted octanol–water partition coefficient (Wildman–Crippen LogP) is 2.03. The van der Waals surface area contributed by atoms with Crippen molar-refractivity contribution in [2.75, 3.05) is 23.0 Å². The molecule has 0 saturated carbocycles. The number of hydrogen-bond acceptors (Lipinski definition) is 5. The third kappa shape index (κ3) is 2.56. The van der Waals surface area contributed by atoms with E-state index in [4.69, 9.17) is 5.11 Å². The number of anilines is 1. The fraction of sp³-hybridized carbons (Fsp3) is 0.357. The fourth-order valence-electron chi connectivity index (χ4n) is 2.56. The summed E-state index contributed by atoms with van der Waals surface area (Å²) in [5.74, 6) is 1.09. The predicted molar refractivity (Wildman–Crippen MR) is 80.2 cm³/mol. The van der Waals surface area contributed by atoms with Crippen LogP contribution < -0.4 is 4.90 Å². The van der Waals surface area contributed by atoms with Gasteiger partial charge in [0.05, 0.1) is 23.8 Å². The Bertz CT molecular complexity index is 629. The number of aliphatic carboxylic acids is 1. The Morgan fingerprint density at radius 1 is 1.45 bits per heavy atom. The topological polar surface area (TPSA) is 66.3 Å². The third-order valence-corrected chi connectivity index (χ3v) is 4.56. The molecule has 1 aromatic carbocycles. The van der Waals surface area contributed by atoms with Crippen molar-refractivity contribution in [2.45, 2.75) is 12.5 Å². The second kappa shape index (κ2) is 5.66. The largest absolute Gasteiger partial charge is 0.481 e. The van der Waals surface area contributed by atoms with Gasteiger partial charge in [-0.2, -0.15) is 22.0 Å². The van der Waals surface area contributed by atoms with E-state index in [0.29, 0.717) is 0 Å². The van der Waals surface area contributed by atoms with Crippen LogP contribution in [0.1, 0.15) is 6.42 Å². The minimum absolute atomic E-state index is 0.0128. The highest BCUT2D eigenvalue weighted by Gasteiger charge is 2.26. The molecule has 1 atom stereocenters. The van der Waals surface area contributed by atoms with Crippen molar-refractivity contribution in [3.63, 3.8) is 0 Å². The molecule has 1 fully saturated rings. The van der Waals surface area contributed by atoms with E-state index in [1.165, 1.54) is 0 Å². The van der Waals surface area contributed by atoms with Gasteiger partial charge in [-0.1, -0.05) is 18.2 Å². The lowest BCUT2D eigenvalue weighted by Crippen LogP contribution is -2.43. The summed E-state index contributed by atoms with van der Waals surface area (Å²) < 4.78 is 0. The number of benzene rings is 1. The van der Waals surface area contributed by atoms with E-state index in [0.717, 1.165) is 34.6 Å². The van der Waals surface area contributed by atoms with Crippen molar-refractivity contribution in [1.29, 1.82) is 0 Å². The molecule has 5 nitrogen and oxygen atoms in total. The molecular formula is C14H15N3O2S. The van der Waals surface area contributed by atoms with E-state index in [2.05, 4.69) is 15.1 Å². The molecule has 1 N–H and O–H groups in total. The zero-order valence-electron chi connectivity index (χ0n) is 10.9. The van der Waals surface area contributed by atoms with Crippen molar-refractivity contribution in [3.05, 3.63) is 30.5 Å². The van der Waals surface area contributed by atoms with Crippen molar-refractivity contribution in [3.8, 4) is 0 Å². The van der Waals surface area contributed by atoms with Gasteiger partial charge in [-0.15, -0.1) is 0 Å². The lowest BCUT2D eigenvalue weighted by atomic mass is 10.1. The first-order valence-corrected chi connectivity index (χ1v) is 7.68. The van der Waals surface area contributed by atoms with Gasteiger partial charge in [0, 0.05) is 29.5 Å². The number of carbonyl (C=O) groups is 1. The average Bonchev–Trinajstić information content (AvgIpc) is 2.47. The number of carboxylic acids is 1. The SMILES string of the molecule is O=C(O)CC1CSCCN1c1cnnc2ccccc12. The average molecular weight is 289 g/mol. The molecule has 20 heavy (non-hydrogen) atoms. The first-order valence-electron chi connectivity index (χ1n) is 6.52. The molecule has 0 aliphatic carbocycles. The van der Waals surface area contributed by atoms with Gasteiger partial charge in [0.15, 0.2) is 0 Å². The molecule has 2 heterocycles. The minimum Gasteiger partial charge on any atom is -0.481 e. The van der Waals surface area contributed by atoms with Crippen LogP contribution in [0, 0.1) is 0 Å². The Balaban J connectivity index is 2.01. The van der Waals surface area contributed by atoms with Crippen molar-refractivity contribution < 1.29 is 9.90 Å². The Kier molecular flexibility index (Phi) is 3.73. The van der Waals surface area contributed by atoms with E-state index in [9.17, 15) is 4.79 Å². The minimum atomic E-state index is -0.756. The van der Waals surface area contributed by atoms with Crippen LogP contribution in [0.3, 0.4) is 0 Å². The molecule has 0 amide bonds. The van der Waals surface area contributed by atoms with Crippen LogP contribution in [0.2, 0.25) is 0 Å². The standard InChI is InChI=1S/C14H15N3O2S/c18-14(19)7-10-9-20-6-5-17(10)13-8-15-16-12-4-2-1-3-11(12)13/h1-4,8,10H,5-7,9H2,(H,18,19). The quantitative estimate of drug-likeness (QED) is 0.932. The summed E-state index contributed by atoms with van der Waals surface area (Å²) in [7, 11) is 0. The summed E-state index contributed by atoms with van der Waals surface area (Å²) in [6.45, 7) is 0.846. The van der Waals surface area contributed by atoms with Gasteiger partial charge in [0.1, 0.15) is 0 Å². The normalized spacial score (nSPS) is 19.2. The Hall–Kier alpha value is -1.82. The number of thioether (sulfide) groups is 1. The van der Waals surface area contributed by atoms with Crippen LogP contribution in [-0.4, -0.2) is 45.4 Å². The molecule has 0 bridgehead atoms. The van der Waals surface area contributed by atoms with Crippen LogP contribution >= 0.6 is 11.8 Å². The number of rotatable bonds is 3. The highest BCUT2D eigenvalue weighted by Crippen LogP contribution is 2.30. The highest BCUT2D eigenvalue weighted by molar-refractivity contribution is 7.99. The van der Waals surface area contributed by atoms with E-state index in [1.54, 1.807) is 6.20 Å². The Labute approximate surface area is 121 Å². The van der Waals surface area contributed by atoms with Crippen LogP contribution in [0.5, 0.6) is 0 Å². The summed E-state index contributed by atoms with van der Waals surface area (Å²) in [6, 6.07) is 7.86. The zero-order valence-corrected chi connectivity index (χ0v) is 11.7. The molecular weight excluding hydrogens is 274 g/mol. The Morgan fingerprint density at radius 2 is 2.30 bits per heavy atom. The number of carboxylic acid groups (broad SMARTS) is 1. The molecule has 1 aliphatic heterocycles. The Morgan fingerprint density at radius 3 is 3.15 bits per heavy atom. The van der Waals surface area contributed by atoms with Gasteiger partial charge in [-0.05, 0) is 6.07 Å². The first kappa shape index (κ1) is 13.2. The highest BCUT2D eigenvalue weighted by atomic mass is 32.2. The van der Waals surface area contributed by atoms with Gasteiger partial charge < -0.3 is 10.0 Å². The lowest BCUT2D eigenvalue weighted by Gasteiger charge is -2.36. The molecule has 2 aromatic rings. The molecule has 0 spiro atoms. The number of fused-ring (bicyclic) bond motifs is 1. The summed E-state index contributed by atoms with van der Waals surface area (Å²) in [4.78, 5) is 13.2. The van der Waals surface area contributed by atoms with E-state index < -0.39 is 5.97 Å².